The molecule has 1 aromatic rings. The van der Waals surface area contributed by atoms with E-state index in [1.807, 2.05) is 18.7 Å². The second-order valence-electron chi connectivity index (χ2n) is 4.68. The van der Waals surface area contributed by atoms with E-state index >= 15 is 0 Å². The van der Waals surface area contributed by atoms with E-state index in [9.17, 15) is 8.78 Å². The van der Waals surface area contributed by atoms with Gasteiger partial charge in [-0.3, -0.25) is 0 Å². The van der Waals surface area contributed by atoms with Gasteiger partial charge in [0.2, 0.25) is 0 Å². The zero-order chi connectivity index (χ0) is 11.7. The number of benzene rings is 1. The predicted molar refractivity (Wildman–Crippen MR) is 61.9 cm³/mol. The molecule has 2 rings (SSSR count). The van der Waals surface area contributed by atoms with Crippen LogP contribution in [-0.2, 0) is 0 Å². The lowest BCUT2D eigenvalue weighted by Gasteiger charge is -2.20. The first kappa shape index (κ1) is 11.4. The van der Waals surface area contributed by atoms with Crippen LogP contribution in [0.25, 0.3) is 0 Å². The molecule has 1 aliphatic heterocycles. The maximum absolute atomic E-state index is 13.7. The molecule has 0 aliphatic carbocycles. The standard InChI is InChI=1S/C13H17F2N/c1-9(2)10-7-11(14)13(15)12(8-10)16-5-3-4-6-16/h7-9H,3-6H2,1-2H3. The molecule has 0 spiro atoms. The minimum absolute atomic E-state index is 0.219. The van der Waals surface area contributed by atoms with Crippen LogP contribution in [0.4, 0.5) is 14.5 Å². The van der Waals surface area contributed by atoms with E-state index in [-0.39, 0.29) is 5.92 Å². The van der Waals surface area contributed by atoms with Crippen molar-refractivity contribution >= 4 is 5.69 Å². The van der Waals surface area contributed by atoms with Crippen LogP contribution in [-0.4, -0.2) is 13.1 Å². The molecule has 0 N–H and O–H groups in total. The van der Waals surface area contributed by atoms with Crippen LogP contribution in [0.3, 0.4) is 0 Å². The molecule has 1 heterocycles. The van der Waals surface area contributed by atoms with Gasteiger partial charge in [0.15, 0.2) is 11.6 Å². The highest BCUT2D eigenvalue weighted by Crippen LogP contribution is 2.29. The van der Waals surface area contributed by atoms with Crippen LogP contribution in [0.15, 0.2) is 12.1 Å². The third-order valence-corrected chi connectivity index (χ3v) is 3.14. The Morgan fingerprint density at radius 3 is 2.31 bits per heavy atom. The van der Waals surface area contributed by atoms with Crippen LogP contribution >= 0.6 is 0 Å². The third kappa shape index (κ3) is 2.04. The first-order chi connectivity index (χ1) is 7.59. The Labute approximate surface area is 95.1 Å². The van der Waals surface area contributed by atoms with E-state index < -0.39 is 11.6 Å². The van der Waals surface area contributed by atoms with E-state index in [0.29, 0.717) is 5.69 Å². The fourth-order valence-corrected chi connectivity index (χ4v) is 2.12. The molecular formula is C13H17F2N. The van der Waals surface area contributed by atoms with Crippen LogP contribution in [0.5, 0.6) is 0 Å². The minimum atomic E-state index is -0.729. The molecule has 1 aliphatic rings. The average Bonchev–Trinajstić information content (AvgIpc) is 2.74. The Kier molecular flexibility index (Phi) is 3.13. The zero-order valence-electron chi connectivity index (χ0n) is 9.76. The number of anilines is 1. The van der Waals surface area contributed by atoms with Crippen LogP contribution < -0.4 is 4.90 Å². The smallest absolute Gasteiger partial charge is 0.182 e. The highest BCUT2D eigenvalue weighted by atomic mass is 19.2. The molecule has 1 saturated heterocycles. The quantitative estimate of drug-likeness (QED) is 0.742. The SMILES string of the molecule is CC(C)c1cc(F)c(F)c(N2CCCC2)c1. The Morgan fingerprint density at radius 2 is 1.75 bits per heavy atom. The first-order valence-corrected chi connectivity index (χ1v) is 5.83. The summed E-state index contributed by atoms with van der Waals surface area (Å²) in [5, 5.41) is 0. The summed E-state index contributed by atoms with van der Waals surface area (Å²) in [4.78, 5) is 1.93. The molecule has 0 amide bonds. The van der Waals surface area contributed by atoms with Crippen molar-refractivity contribution in [3.63, 3.8) is 0 Å². The van der Waals surface area contributed by atoms with Gasteiger partial charge in [-0.25, -0.2) is 8.78 Å². The summed E-state index contributed by atoms with van der Waals surface area (Å²) in [6.07, 6.45) is 2.12. The fourth-order valence-electron chi connectivity index (χ4n) is 2.12. The summed E-state index contributed by atoms with van der Waals surface area (Å²) < 4.78 is 27.1. The van der Waals surface area contributed by atoms with Gasteiger partial charge in [-0.15, -0.1) is 0 Å². The summed E-state index contributed by atoms with van der Waals surface area (Å²) in [7, 11) is 0. The summed E-state index contributed by atoms with van der Waals surface area (Å²) in [5.41, 5.74) is 1.29. The van der Waals surface area contributed by atoms with Gasteiger partial charge in [0.05, 0.1) is 5.69 Å². The molecule has 0 bridgehead atoms. The topological polar surface area (TPSA) is 3.24 Å². The first-order valence-electron chi connectivity index (χ1n) is 5.83. The number of halogens is 2. The molecule has 1 nitrogen and oxygen atoms in total. The van der Waals surface area contributed by atoms with E-state index in [1.54, 1.807) is 6.07 Å². The molecule has 16 heavy (non-hydrogen) atoms. The van der Waals surface area contributed by atoms with Gasteiger partial charge in [0.1, 0.15) is 0 Å². The van der Waals surface area contributed by atoms with E-state index in [2.05, 4.69) is 0 Å². The summed E-state index contributed by atoms with van der Waals surface area (Å²) in [6.45, 7) is 5.64. The van der Waals surface area contributed by atoms with Gasteiger partial charge in [-0.2, -0.15) is 0 Å². The molecule has 1 fully saturated rings. The van der Waals surface area contributed by atoms with Crippen molar-refractivity contribution in [3.05, 3.63) is 29.3 Å². The highest BCUT2D eigenvalue weighted by Gasteiger charge is 2.20. The Balaban J connectivity index is 2.41. The normalized spacial score (nSPS) is 16.2. The van der Waals surface area contributed by atoms with Crippen molar-refractivity contribution in [3.8, 4) is 0 Å². The van der Waals surface area contributed by atoms with Crippen molar-refractivity contribution in [2.24, 2.45) is 0 Å². The van der Waals surface area contributed by atoms with E-state index in [0.717, 1.165) is 31.5 Å². The lowest BCUT2D eigenvalue weighted by molar-refractivity contribution is 0.505. The Hall–Kier alpha value is -1.12. The molecule has 0 atom stereocenters. The van der Waals surface area contributed by atoms with E-state index in [4.69, 9.17) is 0 Å². The average molecular weight is 225 g/mol. The molecule has 1 aromatic carbocycles. The minimum Gasteiger partial charge on any atom is -0.369 e. The molecule has 0 aromatic heterocycles. The van der Waals surface area contributed by atoms with Crippen molar-refractivity contribution in [1.82, 2.24) is 0 Å². The molecule has 3 heteroatoms. The predicted octanol–water partition coefficient (Wildman–Crippen LogP) is 3.69. The Morgan fingerprint density at radius 1 is 1.12 bits per heavy atom. The van der Waals surface area contributed by atoms with Crippen LogP contribution in [0, 0.1) is 11.6 Å². The largest absolute Gasteiger partial charge is 0.369 e. The second-order valence-corrected chi connectivity index (χ2v) is 4.68. The molecular weight excluding hydrogens is 208 g/mol. The third-order valence-electron chi connectivity index (χ3n) is 3.14. The Bertz CT molecular complexity index is 382. The second kappa shape index (κ2) is 4.40. The number of hydrogen-bond acceptors (Lipinski definition) is 1. The van der Waals surface area contributed by atoms with Gasteiger partial charge < -0.3 is 4.90 Å². The van der Waals surface area contributed by atoms with Crippen molar-refractivity contribution < 1.29 is 8.78 Å². The lowest BCUT2D eigenvalue weighted by atomic mass is 10.0. The summed E-state index contributed by atoms with van der Waals surface area (Å²) in [5.74, 6) is -1.21. The number of rotatable bonds is 2. The van der Waals surface area contributed by atoms with Gasteiger partial charge in [0, 0.05) is 13.1 Å². The van der Waals surface area contributed by atoms with Crippen molar-refractivity contribution in [2.75, 3.05) is 18.0 Å². The van der Waals surface area contributed by atoms with Crippen LogP contribution in [0.2, 0.25) is 0 Å². The van der Waals surface area contributed by atoms with E-state index in [1.165, 1.54) is 6.07 Å². The molecule has 0 unspecified atom stereocenters. The lowest BCUT2D eigenvalue weighted by Crippen LogP contribution is -2.20. The van der Waals surface area contributed by atoms with Crippen LogP contribution in [0.1, 0.15) is 38.2 Å². The zero-order valence-corrected chi connectivity index (χ0v) is 9.76. The number of nitrogens with zero attached hydrogens (tertiary/aromatic N) is 1. The van der Waals surface area contributed by atoms with Crippen molar-refractivity contribution in [1.29, 1.82) is 0 Å². The van der Waals surface area contributed by atoms with Crippen molar-refractivity contribution in [2.45, 2.75) is 32.6 Å². The van der Waals surface area contributed by atoms with Gasteiger partial charge >= 0.3 is 0 Å². The maximum atomic E-state index is 13.7. The van der Waals surface area contributed by atoms with Gasteiger partial charge in [-0.1, -0.05) is 13.8 Å². The summed E-state index contributed by atoms with van der Waals surface area (Å²) >= 11 is 0. The number of hydrogen-bond donors (Lipinski definition) is 0. The molecule has 0 saturated carbocycles. The fraction of sp³-hybridized carbons (Fsp3) is 0.538. The monoisotopic (exact) mass is 225 g/mol. The van der Waals surface area contributed by atoms with Gasteiger partial charge in [0.25, 0.3) is 0 Å². The maximum Gasteiger partial charge on any atom is 0.182 e. The molecule has 88 valence electrons. The highest BCUT2D eigenvalue weighted by molar-refractivity contribution is 5.51. The molecule has 0 radical (unpaired) electrons. The van der Waals surface area contributed by atoms with Gasteiger partial charge in [-0.05, 0) is 36.5 Å². The summed E-state index contributed by atoms with van der Waals surface area (Å²) in [6, 6.07) is 3.09.